The average molecular weight is 200 g/mol. The van der Waals surface area contributed by atoms with E-state index in [9.17, 15) is 8.78 Å². The molecule has 1 rings (SSSR count). The molecule has 0 saturated heterocycles. The van der Waals surface area contributed by atoms with Crippen molar-refractivity contribution in [1.82, 2.24) is 0 Å². The van der Waals surface area contributed by atoms with Crippen LogP contribution in [-0.4, -0.2) is 8.07 Å². The van der Waals surface area contributed by atoms with E-state index in [1.54, 1.807) is 6.92 Å². The van der Waals surface area contributed by atoms with Crippen LogP contribution in [0.5, 0.6) is 0 Å². The van der Waals surface area contributed by atoms with E-state index in [-0.39, 0.29) is 5.82 Å². The van der Waals surface area contributed by atoms with Gasteiger partial charge in [-0.25, -0.2) is 8.78 Å². The molecule has 0 heterocycles. The second-order valence-electron chi connectivity index (χ2n) is 4.30. The summed E-state index contributed by atoms with van der Waals surface area (Å²) in [5, 5.41) is 0.313. The second-order valence-corrected chi connectivity index (χ2v) is 9.30. The molecule has 1 aromatic carbocycles. The Hall–Kier alpha value is -0.703. The van der Waals surface area contributed by atoms with E-state index in [1.165, 1.54) is 12.1 Å². The van der Waals surface area contributed by atoms with E-state index in [2.05, 4.69) is 0 Å². The Kier molecular flexibility index (Phi) is 2.57. The largest absolute Gasteiger partial charge is 0.207 e. The zero-order valence-electron chi connectivity index (χ0n) is 8.41. The maximum absolute atomic E-state index is 13.6. The van der Waals surface area contributed by atoms with Gasteiger partial charge in [-0.3, -0.25) is 0 Å². The third kappa shape index (κ3) is 1.96. The Morgan fingerprint density at radius 2 is 1.62 bits per heavy atom. The molecule has 0 bridgehead atoms. The molecule has 0 aromatic heterocycles. The molecule has 0 spiro atoms. The first-order valence-corrected chi connectivity index (χ1v) is 7.79. The molecule has 13 heavy (non-hydrogen) atoms. The Morgan fingerprint density at radius 3 is 2.00 bits per heavy atom. The zero-order valence-corrected chi connectivity index (χ0v) is 9.41. The molecule has 0 amide bonds. The van der Waals surface area contributed by atoms with Crippen molar-refractivity contribution in [3.63, 3.8) is 0 Å². The van der Waals surface area contributed by atoms with Gasteiger partial charge in [-0.1, -0.05) is 25.7 Å². The molecule has 0 saturated carbocycles. The van der Waals surface area contributed by atoms with E-state index < -0.39 is 13.9 Å². The van der Waals surface area contributed by atoms with Gasteiger partial charge in [0.25, 0.3) is 0 Å². The number of halogens is 2. The molecule has 0 aliphatic carbocycles. The first-order valence-electron chi connectivity index (χ1n) is 4.29. The molecule has 0 fully saturated rings. The highest BCUT2D eigenvalue weighted by molar-refractivity contribution is 6.88. The molecule has 0 N–H and O–H groups in total. The maximum Gasteiger partial charge on any atom is 0.128 e. The van der Waals surface area contributed by atoms with E-state index in [4.69, 9.17) is 0 Å². The lowest BCUT2D eigenvalue weighted by Gasteiger charge is -2.19. The summed E-state index contributed by atoms with van der Waals surface area (Å²) < 4.78 is 26.9. The van der Waals surface area contributed by atoms with E-state index in [0.29, 0.717) is 10.8 Å². The number of benzene rings is 1. The highest BCUT2D eigenvalue weighted by Gasteiger charge is 2.25. The third-order valence-electron chi connectivity index (χ3n) is 2.03. The highest BCUT2D eigenvalue weighted by Crippen LogP contribution is 2.12. The first-order chi connectivity index (χ1) is 5.84. The second kappa shape index (κ2) is 3.22. The van der Waals surface area contributed by atoms with Crippen molar-refractivity contribution in [2.45, 2.75) is 26.6 Å². The summed E-state index contributed by atoms with van der Waals surface area (Å²) in [6.07, 6.45) is 0. The Morgan fingerprint density at radius 1 is 1.08 bits per heavy atom. The summed E-state index contributed by atoms with van der Waals surface area (Å²) in [5.41, 5.74) is 0.527. The SMILES string of the molecule is Cc1ccc(F)c([Si](C)(C)C)c1F. The quantitative estimate of drug-likeness (QED) is 0.611. The van der Waals surface area contributed by atoms with Crippen LogP contribution < -0.4 is 5.19 Å². The van der Waals surface area contributed by atoms with Gasteiger partial charge in [0.1, 0.15) is 11.6 Å². The number of aryl methyl sites for hydroxylation is 1. The Balaban J connectivity index is 3.43. The van der Waals surface area contributed by atoms with Gasteiger partial charge in [-0.05, 0) is 18.6 Å². The minimum Gasteiger partial charge on any atom is -0.207 e. The van der Waals surface area contributed by atoms with Gasteiger partial charge in [-0.2, -0.15) is 0 Å². The lowest BCUT2D eigenvalue weighted by Crippen LogP contribution is -2.42. The molecule has 0 atom stereocenters. The molecule has 0 unspecified atom stereocenters. The summed E-state index contributed by atoms with van der Waals surface area (Å²) >= 11 is 0. The fraction of sp³-hybridized carbons (Fsp3) is 0.400. The van der Waals surface area contributed by atoms with Gasteiger partial charge in [-0.15, -0.1) is 0 Å². The third-order valence-corrected chi connectivity index (χ3v) is 3.99. The summed E-state index contributed by atoms with van der Waals surface area (Å²) in [6.45, 7) is 7.48. The van der Waals surface area contributed by atoms with E-state index in [0.717, 1.165) is 0 Å². The van der Waals surface area contributed by atoms with Crippen LogP contribution in [0.3, 0.4) is 0 Å². The lowest BCUT2D eigenvalue weighted by molar-refractivity contribution is 0.590. The van der Waals surface area contributed by atoms with Crippen LogP contribution in [0.4, 0.5) is 8.78 Å². The zero-order chi connectivity index (χ0) is 10.2. The van der Waals surface area contributed by atoms with E-state index >= 15 is 0 Å². The van der Waals surface area contributed by atoms with Crippen LogP contribution in [-0.2, 0) is 0 Å². The van der Waals surface area contributed by atoms with Crippen LogP contribution in [0.25, 0.3) is 0 Å². The van der Waals surface area contributed by atoms with Crippen molar-refractivity contribution in [1.29, 1.82) is 0 Å². The van der Waals surface area contributed by atoms with Gasteiger partial charge >= 0.3 is 0 Å². The minimum atomic E-state index is -1.90. The van der Waals surface area contributed by atoms with Gasteiger partial charge < -0.3 is 0 Å². The van der Waals surface area contributed by atoms with Crippen molar-refractivity contribution in [3.8, 4) is 0 Å². The average Bonchev–Trinajstić information content (AvgIpc) is 1.95. The van der Waals surface area contributed by atoms with Crippen LogP contribution >= 0.6 is 0 Å². The smallest absolute Gasteiger partial charge is 0.128 e. The maximum atomic E-state index is 13.6. The first kappa shape index (κ1) is 10.4. The monoisotopic (exact) mass is 200 g/mol. The summed E-state index contributed by atoms with van der Waals surface area (Å²) in [7, 11) is -1.90. The predicted octanol–water partition coefficient (Wildman–Crippen LogP) is 2.82. The van der Waals surface area contributed by atoms with Crippen LogP contribution in [0, 0.1) is 18.6 Å². The summed E-state index contributed by atoms with van der Waals surface area (Å²) in [6, 6.07) is 2.83. The molecule has 72 valence electrons. The van der Waals surface area contributed by atoms with Crippen molar-refractivity contribution in [3.05, 3.63) is 29.3 Å². The molecule has 3 heteroatoms. The Labute approximate surface area is 78.6 Å². The van der Waals surface area contributed by atoms with Gasteiger partial charge in [0.15, 0.2) is 0 Å². The van der Waals surface area contributed by atoms with Crippen molar-refractivity contribution in [2.75, 3.05) is 0 Å². The minimum absolute atomic E-state index is 0.313. The molecule has 0 radical (unpaired) electrons. The molecule has 0 aliphatic rings. The molecular weight excluding hydrogens is 186 g/mol. The molecule has 0 nitrogen and oxygen atoms in total. The van der Waals surface area contributed by atoms with Crippen LogP contribution in [0.1, 0.15) is 5.56 Å². The van der Waals surface area contributed by atoms with Crippen molar-refractivity contribution < 1.29 is 8.78 Å². The standard InChI is InChI=1S/C10H14F2Si/c1-7-5-6-8(11)10(9(7)12)13(2,3)4/h5-6H,1-4H3. The predicted molar refractivity (Wildman–Crippen MR) is 54.1 cm³/mol. The molecular formula is C10H14F2Si. The van der Waals surface area contributed by atoms with Crippen LogP contribution in [0.15, 0.2) is 12.1 Å². The van der Waals surface area contributed by atoms with Gasteiger partial charge in [0.05, 0.1) is 8.07 Å². The normalized spacial score (nSPS) is 11.8. The fourth-order valence-electron chi connectivity index (χ4n) is 1.34. The Bertz CT molecular complexity index is 326. The number of hydrogen-bond acceptors (Lipinski definition) is 0. The summed E-state index contributed by atoms with van der Waals surface area (Å²) in [4.78, 5) is 0. The number of rotatable bonds is 1. The van der Waals surface area contributed by atoms with Crippen molar-refractivity contribution >= 4 is 13.3 Å². The highest BCUT2D eigenvalue weighted by atomic mass is 28.3. The van der Waals surface area contributed by atoms with E-state index in [1.807, 2.05) is 19.6 Å². The number of hydrogen-bond donors (Lipinski definition) is 0. The fourth-order valence-corrected chi connectivity index (χ4v) is 3.00. The van der Waals surface area contributed by atoms with Gasteiger partial charge in [0.2, 0.25) is 0 Å². The van der Waals surface area contributed by atoms with Gasteiger partial charge in [0, 0.05) is 5.19 Å². The lowest BCUT2D eigenvalue weighted by atomic mass is 10.2. The topological polar surface area (TPSA) is 0 Å². The summed E-state index contributed by atoms with van der Waals surface area (Å²) in [5.74, 6) is -0.763. The van der Waals surface area contributed by atoms with Crippen LogP contribution in [0.2, 0.25) is 19.6 Å². The van der Waals surface area contributed by atoms with Crippen molar-refractivity contribution in [2.24, 2.45) is 0 Å². The molecule has 0 aliphatic heterocycles. The molecule has 1 aromatic rings.